The number of nitrogens with one attached hydrogen (secondary N) is 2. The summed E-state index contributed by atoms with van der Waals surface area (Å²) >= 11 is 0. The molecule has 27 heavy (non-hydrogen) atoms. The van der Waals surface area contributed by atoms with Gasteiger partial charge in [-0.2, -0.15) is 0 Å². The number of rotatable bonds is 11. The fourth-order valence-electron chi connectivity index (χ4n) is 2.86. The largest absolute Gasteiger partial charge is 0.480 e. The highest BCUT2D eigenvalue weighted by atomic mass is 16.4. The highest BCUT2D eigenvalue weighted by Gasteiger charge is 2.37. The SMILES string of the molecule is NCCCCC(N)C(=O)NCC(=O)NC(CO)C(=O)N1CCCC1C(=O)O. The number of nitrogens with zero attached hydrogens (tertiary/aromatic N) is 1. The molecule has 11 heteroatoms. The van der Waals surface area contributed by atoms with Crippen molar-refractivity contribution in [1.29, 1.82) is 0 Å². The Balaban J connectivity index is 2.47. The Morgan fingerprint density at radius 3 is 2.52 bits per heavy atom. The number of amides is 3. The molecule has 0 aromatic heterocycles. The highest BCUT2D eigenvalue weighted by molar-refractivity contribution is 5.92. The third kappa shape index (κ3) is 7.12. The van der Waals surface area contributed by atoms with Crippen molar-refractivity contribution in [2.45, 2.75) is 50.2 Å². The number of hydrogen-bond acceptors (Lipinski definition) is 7. The van der Waals surface area contributed by atoms with Crippen LogP contribution in [0.1, 0.15) is 32.1 Å². The lowest BCUT2D eigenvalue weighted by atomic mass is 10.1. The van der Waals surface area contributed by atoms with Crippen LogP contribution in [0.4, 0.5) is 0 Å². The molecule has 1 aliphatic heterocycles. The van der Waals surface area contributed by atoms with Crippen molar-refractivity contribution < 1.29 is 29.4 Å². The van der Waals surface area contributed by atoms with Crippen LogP contribution in [0.5, 0.6) is 0 Å². The van der Waals surface area contributed by atoms with Crippen LogP contribution < -0.4 is 22.1 Å². The lowest BCUT2D eigenvalue weighted by molar-refractivity contribution is -0.149. The summed E-state index contributed by atoms with van der Waals surface area (Å²) in [7, 11) is 0. The van der Waals surface area contributed by atoms with E-state index in [1.165, 1.54) is 0 Å². The number of aliphatic hydroxyl groups is 1. The van der Waals surface area contributed by atoms with Crippen molar-refractivity contribution in [2.75, 3.05) is 26.2 Å². The summed E-state index contributed by atoms with van der Waals surface area (Å²) in [6.07, 6.45) is 2.74. The summed E-state index contributed by atoms with van der Waals surface area (Å²) in [4.78, 5) is 48.5. The standard InChI is InChI=1S/C16H29N5O6/c17-6-2-1-4-10(18)14(24)19-8-13(23)20-11(9-22)15(25)21-7-3-5-12(21)16(26)27/h10-12,22H,1-9,17-18H2,(H,19,24)(H,20,23)(H,26,27). The summed E-state index contributed by atoms with van der Waals surface area (Å²) < 4.78 is 0. The molecule has 1 rings (SSSR count). The van der Waals surface area contributed by atoms with Gasteiger partial charge in [-0.3, -0.25) is 14.4 Å². The van der Waals surface area contributed by atoms with Crippen LogP contribution >= 0.6 is 0 Å². The van der Waals surface area contributed by atoms with E-state index < -0.39 is 55.0 Å². The zero-order valence-corrected chi connectivity index (χ0v) is 15.2. The number of aliphatic hydroxyl groups excluding tert-OH is 1. The van der Waals surface area contributed by atoms with Gasteiger partial charge in [0.1, 0.15) is 12.1 Å². The third-order valence-electron chi connectivity index (χ3n) is 4.37. The van der Waals surface area contributed by atoms with Crippen LogP contribution in [0.2, 0.25) is 0 Å². The summed E-state index contributed by atoms with van der Waals surface area (Å²) in [6, 6.07) is -3.00. The predicted molar refractivity (Wildman–Crippen MR) is 95.3 cm³/mol. The minimum Gasteiger partial charge on any atom is -0.480 e. The van der Waals surface area contributed by atoms with E-state index in [4.69, 9.17) is 16.6 Å². The van der Waals surface area contributed by atoms with Gasteiger partial charge in [0.25, 0.3) is 0 Å². The molecule has 0 radical (unpaired) electrons. The van der Waals surface area contributed by atoms with Crippen LogP contribution in [-0.4, -0.2) is 83.2 Å². The lowest BCUT2D eigenvalue weighted by Gasteiger charge is -2.26. The Kier molecular flexibility index (Phi) is 9.68. The van der Waals surface area contributed by atoms with Gasteiger partial charge >= 0.3 is 5.97 Å². The van der Waals surface area contributed by atoms with Gasteiger partial charge in [-0.05, 0) is 32.2 Å². The van der Waals surface area contributed by atoms with E-state index in [0.29, 0.717) is 32.2 Å². The fraction of sp³-hybridized carbons (Fsp3) is 0.750. The average molecular weight is 387 g/mol. The van der Waals surface area contributed by atoms with Crippen LogP contribution in [-0.2, 0) is 19.2 Å². The normalized spacial score (nSPS) is 18.6. The van der Waals surface area contributed by atoms with Crippen molar-refractivity contribution in [3.63, 3.8) is 0 Å². The molecule has 0 aliphatic carbocycles. The van der Waals surface area contributed by atoms with Crippen molar-refractivity contribution in [3.8, 4) is 0 Å². The second-order valence-electron chi connectivity index (χ2n) is 6.44. The number of aliphatic carboxylic acids is 1. The van der Waals surface area contributed by atoms with E-state index in [1.54, 1.807) is 0 Å². The Morgan fingerprint density at radius 1 is 1.22 bits per heavy atom. The van der Waals surface area contributed by atoms with E-state index >= 15 is 0 Å². The number of carboxylic acids is 1. The maximum Gasteiger partial charge on any atom is 0.326 e. The smallest absolute Gasteiger partial charge is 0.326 e. The molecule has 0 saturated carbocycles. The summed E-state index contributed by atoms with van der Waals surface area (Å²) in [5.74, 6) is -2.98. The van der Waals surface area contributed by atoms with E-state index in [2.05, 4.69) is 10.6 Å². The first-order valence-electron chi connectivity index (χ1n) is 8.98. The predicted octanol–water partition coefficient (Wildman–Crippen LogP) is -2.89. The van der Waals surface area contributed by atoms with Crippen LogP contribution in [0.25, 0.3) is 0 Å². The number of nitrogens with two attached hydrogens (primary N) is 2. The van der Waals surface area contributed by atoms with E-state index in [-0.39, 0.29) is 6.54 Å². The Bertz CT molecular complexity index is 543. The van der Waals surface area contributed by atoms with Crippen molar-refractivity contribution >= 4 is 23.7 Å². The first-order chi connectivity index (χ1) is 12.8. The molecule has 1 aliphatic rings. The maximum absolute atomic E-state index is 12.4. The van der Waals surface area contributed by atoms with Crippen LogP contribution in [0.3, 0.4) is 0 Å². The Hall–Kier alpha value is -2.24. The number of carbonyl (C=O) groups is 4. The summed E-state index contributed by atoms with van der Waals surface area (Å²) in [5.41, 5.74) is 11.1. The molecule has 0 bridgehead atoms. The molecule has 0 aromatic rings. The van der Waals surface area contributed by atoms with Gasteiger partial charge in [0.15, 0.2) is 0 Å². The topological polar surface area (TPSA) is 188 Å². The van der Waals surface area contributed by atoms with Crippen LogP contribution in [0.15, 0.2) is 0 Å². The summed E-state index contributed by atoms with van der Waals surface area (Å²) in [5, 5.41) is 23.2. The molecule has 0 spiro atoms. The lowest BCUT2D eigenvalue weighted by Crippen LogP contribution is -2.55. The number of carbonyl (C=O) groups excluding carboxylic acids is 3. The Labute approximate surface area is 157 Å². The van der Waals surface area contributed by atoms with E-state index in [1.807, 2.05) is 0 Å². The second kappa shape index (κ2) is 11.5. The van der Waals surface area contributed by atoms with Gasteiger partial charge in [0.05, 0.1) is 19.2 Å². The van der Waals surface area contributed by atoms with Gasteiger partial charge in [-0.25, -0.2) is 4.79 Å². The molecule has 0 aromatic carbocycles. The molecule has 1 fully saturated rings. The number of likely N-dealkylation sites (tertiary alicyclic amines) is 1. The molecule has 8 N–H and O–H groups in total. The van der Waals surface area contributed by atoms with Crippen LogP contribution in [0, 0.1) is 0 Å². The first kappa shape index (κ1) is 22.8. The third-order valence-corrected chi connectivity index (χ3v) is 4.37. The average Bonchev–Trinajstić information content (AvgIpc) is 3.13. The fourth-order valence-corrected chi connectivity index (χ4v) is 2.86. The molecule has 3 unspecified atom stereocenters. The maximum atomic E-state index is 12.4. The minimum absolute atomic E-state index is 0.247. The molecule has 1 heterocycles. The monoisotopic (exact) mass is 387 g/mol. The molecule has 1 saturated heterocycles. The van der Waals surface area contributed by atoms with E-state index in [9.17, 15) is 24.3 Å². The zero-order chi connectivity index (χ0) is 20.4. The molecular formula is C16H29N5O6. The van der Waals surface area contributed by atoms with Gasteiger partial charge in [0, 0.05) is 6.54 Å². The quantitative estimate of drug-likeness (QED) is 0.204. The molecule has 11 nitrogen and oxygen atoms in total. The van der Waals surface area contributed by atoms with Gasteiger partial charge in [0.2, 0.25) is 17.7 Å². The summed E-state index contributed by atoms with van der Waals surface area (Å²) in [6.45, 7) is -0.334. The first-order valence-corrected chi connectivity index (χ1v) is 8.98. The van der Waals surface area contributed by atoms with Crippen molar-refractivity contribution in [1.82, 2.24) is 15.5 Å². The minimum atomic E-state index is -1.27. The van der Waals surface area contributed by atoms with Crippen molar-refractivity contribution in [2.24, 2.45) is 11.5 Å². The molecule has 154 valence electrons. The molecular weight excluding hydrogens is 358 g/mol. The van der Waals surface area contributed by atoms with E-state index in [0.717, 1.165) is 11.3 Å². The molecule has 3 atom stereocenters. The second-order valence-corrected chi connectivity index (χ2v) is 6.44. The van der Waals surface area contributed by atoms with Crippen molar-refractivity contribution in [3.05, 3.63) is 0 Å². The van der Waals surface area contributed by atoms with Gasteiger partial charge in [-0.1, -0.05) is 6.42 Å². The number of hydrogen-bond donors (Lipinski definition) is 6. The Morgan fingerprint density at radius 2 is 1.93 bits per heavy atom. The van der Waals surface area contributed by atoms with Gasteiger partial charge < -0.3 is 37.2 Å². The number of unbranched alkanes of at least 4 members (excludes halogenated alkanes) is 1. The zero-order valence-electron chi connectivity index (χ0n) is 15.2. The number of carboxylic acid groups (broad SMARTS) is 1. The highest BCUT2D eigenvalue weighted by Crippen LogP contribution is 2.18. The van der Waals surface area contributed by atoms with Gasteiger partial charge in [-0.15, -0.1) is 0 Å². The molecule has 3 amide bonds.